The fourth-order valence-corrected chi connectivity index (χ4v) is 7.59. The number of methoxy groups -OCH3 is 4. The van der Waals surface area contributed by atoms with E-state index < -0.39 is 0 Å². The van der Waals surface area contributed by atoms with Gasteiger partial charge in [0.25, 0.3) is 0 Å². The standard InChI is InChI=1S/C13H24O3.C12H22O2.C11H20O3.C10H18O2.C10H20O.C9H16O2.C8H14O2.C7H12O2.C6H12O.CH4/c1-12(2)13(14)16-11-9-7-5-4-6-8-10-15-3;1-3-5-6-7-8-9-10-11-14-12(13)4-2;1-10(2)11(12)14-9-7-5-4-6-8-13-3;1-3-5-6-7-8-9-12-10(11)4-2;1-10(2)8-6-4-5-7-9-11-3;1-3-5-6-7-8-11-9(10)4-2;1-3-5-6-7-10-8(9)4-2;1-3-5-6-9-7(8)4-2;1-6(2)4-5-7-3;/h1,4-11H2,2-3H3;4H,2-3,5-11H2,1H3;1,4-9H2,2-3H3;4H,2-3,5-9H2,1H3;1,4-9H2,2-3H3;4H,2-3,5-8H2,1H3;4H,2-3,5-7H2,1H3;4H,2-3,5-6H2,1H3;1,4-5H2,2-3H3;1H4. The van der Waals surface area contributed by atoms with Gasteiger partial charge in [-0.1, -0.05) is 247 Å². The number of carbonyl (C=O) groups excluding carboxylic acids is 7. The lowest BCUT2D eigenvalue weighted by Gasteiger charge is -2.04. The largest absolute Gasteiger partial charge is 0.463 e. The molecule has 0 fully saturated rings. The fourth-order valence-electron chi connectivity index (χ4n) is 7.59. The molecule has 18 nitrogen and oxygen atoms in total. The van der Waals surface area contributed by atoms with Gasteiger partial charge in [-0.2, -0.15) is 0 Å². The van der Waals surface area contributed by atoms with Crippen molar-refractivity contribution in [1.29, 1.82) is 0 Å². The van der Waals surface area contributed by atoms with Crippen LogP contribution in [0.15, 0.2) is 112 Å². The van der Waals surface area contributed by atoms with Gasteiger partial charge in [0.15, 0.2) is 0 Å². The number of esters is 7. The Morgan fingerprint density at radius 3 is 0.629 bits per heavy atom. The molecule has 105 heavy (non-hydrogen) atoms. The summed E-state index contributed by atoms with van der Waals surface area (Å²) in [4.78, 5) is 74.4. The Kier molecular flexibility index (Phi) is 127. The zero-order chi connectivity index (χ0) is 80.6. The van der Waals surface area contributed by atoms with E-state index in [1.54, 1.807) is 42.3 Å². The van der Waals surface area contributed by atoms with Crippen LogP contribution in [0.3, 0.4) is 0 Å². The Morgan fingerprint density at radius 2 is 0.419 bits per heavy atom. The van der Waals surface area contributed by atoms with Crippen LogP contribution in [-0.4, -0.2) is 143 Å². The lowest BCUT2D eigenvalue weighted by atomic mass is 10.1. The molecule has 0 saturated heterocycles. The van der Waals surface area contributed by atoms with Crippen LogP contribution in [-0.2, 0) is 85.7 Å². The highest BCUT2D eigenvalue weighted by Crippen LogP contribution is 2.10. The topological polar surface area (TPSA) is 221 Å². The maximum absolute atomic E-state index is 11.0. The lowest BCUT2D eigenvalue weighted by molar-refractivity contribution is -0.139. The molecular formula is C87H162O18. The maximum Gasteiger partial charge on any atom is 0.333 e. The highest BCUT2D eigenvalue weighted by atomic mass is 16.6. The van der Waals surface area contributed by atoms with Crippen LogP contribution in [0.25, 0.3) is 0 Å². The molecule has 0 heterocycles. The van der Waals surface area contributed by atoms with Crippen LogP contribution in [0, 0.1) is 0 Å². The molecule has 0 amide bonds. The van der Waals surface area contributed by atoms with E-state index in [0.29, 0.717) is 57.4 Å². The van der Waals surface area contributed by atoms with Crippen molar-refractivity contribution in [3.05, 3.63) is 112 Å². The van der Waals surface area contributed by atoms with Crippen LogP contribution in [0.2, 0.25) is 0 Å². The predicted octanol–water partition coefficient (Wildman–Crippen LogP) is 22.7. The minimum atomic E-state index is -0.330. The predicted molar refractivity (Wildman–Crippen MR) is 440 cm³/mol. The molecule has 0 bridgehead atoms. The van der Waals surface area contributed by atoms with Gasteiger partial charge in [-0.3, -0.25) is 0 Å². The van der Waals surface area contributed by atoms with Crippen molar-refractivity contribution in [2.24, 2.45) is 0 Å². The summed E-state index contributed by atoms with van der Waals surface area (Å²) in [7, 11) is 6.89. The quantitative estimate of drug-likeness (QED) is 0.0182. The van der Waals surface area contributed by atoms with Gasteiger partial charge in [0.2, 0.25) is 0 Å². The molecule has 0 aliphatic carbocycles. The first-order valence-corrected chi connectivity index (χ1v) is 38.8. The Hall–Kier alpha value is -6.21. The van der Waals surface area contributed by atoms with Gasteiger partial charge < -0.3 is 52.1 Å². The molecule has 618 valence electrons. The summed E-state index contributed by atoms with van der Waals surface area (Å²) >= 11 is 0. The molecule has 0 radical (unpaired) electrons. The molecule has 0 aromatic rings. The number of hydrogen-bond donors (Lipinski definition) is 0. The van der Waals surface area contributed by atoms with E-state index in [4.69, 9.17) is 47.4 Å². The summed E-state index contributed by atoms with van der Waals surface area (Å²) in [5.74, 6) is -2.16. The summed E-state index contributed by atoms with van der Waals surface area (Å²) in [5, 5.41) is 0. The molecule has 0 aromatic heterocycles. The average Bonchev–Trinajstić information content (AvgIpc) is 1.49. The van der Waals surface area contributed by atoms with Gasteiger partial charge in [-0.25, -0.2) is 33.6 Å². The second-order valence-electron chi connectivity index (χ2n) is 24.7. The molecule has 0 saturated carbocycles. The Balaban J connectivity index is -0.000000122. The molecular weight excluding hydrogens is 1330 g/mol. The van der Waals surface area contributed by atoms with Gasteiger partial charge in [0.1, 0.15) is 0 Å². The second-order valence-corrected chi connectivity index (χ2v) is 24.7. The lowest BCUT2D eigenvalue weighted by Crippen LogP contribution is -2.06. The van der Waals surface area contributed by atoms with Crippen LogP contribution >= 0.6 is 0 Å². The maximum atomic E-state index is 11.0. The van der Waals surface area contributed by atoms with Crippen LogP contribution in [0.5, 0.6) is 0 Å². The highest BCUT2D eigenvalue weighted by molar-refractivity contribution is 5.87. The van der Waals surface area contributed by atoms with Gasteiger partial charge in [-0.05, 0) is 118 Å². The van der Waals surface area contributed by atoms with E-state index in [0.717, 1.165) is 148 Å². The molecule has 0 spiro atoms. The smallest absolute Gasteiger partial charge is 0.333 e. The van der Waals surface area contributed by atoms with Crippen LogP contribution in [0.1, 0.15) is 307 Å². The number of hydrogen-bond acceptors (Lipinski definition) is 18. The van der Waals surface area contributed by atoms with Gasteiger partial charge in [0, 0.05) is 96.4 Å². The highest BCUT2D eigenvalue weighted by Gasteiger charge is 2.04. The summed E-state index contributed by atoms with van der Waals surface area (Å²) in [6.45, 7) is 56.3. The number of allylic oxidation sites excluding steroid dienone is 1. The zero-order valence-electron chi connectivity index (χ0n) is 69.0. The van der Waals surface area contributed by atoms with Crippen molar-refractivity contribution in [2.75, 3.05) is 101 Å². The van der Waals surface area contributed by atoms with E-state index in [1.165, 1.54) is 157 Å². The Labute approximate surface area is 644 Å². The first-order chi connectivity index (χ1) is 49.9. The van der Waals surface area contributed by atoms with E-state index >= 15 is 0 Å². The van der Waals surface area contributed by atoms with Gasteiger partial charge in [-0.15, -0.1) is 13.2 Å². The Morgan fingerprint density at radius 1 is 0.238 bits per heavy atom. The van der Waals surface area contributed by atoms with E-state index in [1.807, 2.05) is 13.8 Å². The van der Waals surface area contributed by atoms with Gasteiger partial charge in [0.05, 0.1) is 46.2 Å². The molecule has 18 heteroatoms. The molecule has 0 rings (SSSR count). The number of rotatable bonds is 59. The summed E-state index contributed by atoms with van der Waals surface area (Å²) in [5.41, 5.74) is 3.42. The normalized spacial score (nSPS) is 9.42. The summed E-state index contributed by atoms with van der Waals surface area (Å²) in [6, 6.07) is 0. The monoisotopic (exact) mass is 1500 g/mol. The third-order valence-corrected chi connectivity index (χ3v) is 13.9. The molecule has 0 atom stereocenters. The third kappa shape index (κ3) is 141. The molecule has 0 aliphatic heterocycles. The van der Waals surface area contributed by atoms with E-state index in [-0.39, 0.29) is 49.2 Å². The zero-order valence-corrected chi connectivity index (χ0v) is 69.0. The third-order valence-electron chi connectivity index (χ3n) is 13.9. The van der Waals surface area contributed by atoms with Crippen molar-refractivity contribution in [1.82, 2.24) is 0 Å². The SMILES string of the molecule is C.C=C(C)C(=O)OCCCCCCCCOC.C=C(C)C(=O)OCCCCCCOC.C=C(C)CCCCCCOC.C=C(C)CCOC.C=CC(=O)OCCCC.C=CC(=O)OCCCCC.C=CC(=O)OCCCCCC.C=CC(=O)OCCCCCCC.C=CC(=O)OCCCCCCCCC. The van der Waals surface area contributed by atoms with E-state index in [9.17, 15) is 33.6 Å². The Bertz CT molecular complexity index is 2010. The number of carbonyl (C=O) groups is 7. The minimum absolute atomic E-state index is 0. The van der Waals surface area contributed by atoms with Crippen molar-refractivity contribution in [3.8, 4) is 0 Å². The number of unbranched alkanes of at least 4 members (excludes halogenated alkanes) is 27. The molecule has 0 aromatic carbocycles. The summed E-state index contributed by atoms with van der Waals surface area (Å²) in [6.07, 6.45) is 48.6. The van der Waals surface area contributed by atoms with Crippen LogP contribution in [0.4, 0.5) is 0 Å². The van der Waals surface area contributed by atoms with E-state index in [2.05, 4.69) is 98.6 Å². The second kappa shape index (κ2) is 111. The average molecular weight is 1500 g/mol. The molecule has 0 aliphatic rings. The first kappa shape index (κ1) is 120. The van der Waals surface area contributed by atoms with Crippen molar-refractivity contribution < 1.29 is 85.7 Å². The molecule has 0 unspecified atom stereocenters. The van der Waals surface area contributed by atoms with Crippen molar-refractivity contribution in [3.63, 3.8) is 0 Å². The van der Waals surface area contributed by atoms with Crippen molar-refractivity contribution in [2.45, 2.75) is 307 Å². The fraction of sp³-hybridized carbons (Fsp3) is 0.713. The number of ether oxygens (including phenoxy) is 11. The first-order valence-electron chi connectivity index (χ1n) is 38.8. The van der Waals surface area contributed by atoms with Crippen LogP contribution < -0.4 is 0 Å². The summed E-state index contributed by atoms with van der Waals surface area (Å²) < 4.78 is 53.4. The minimum Gasteiger partial charge on any atom is -0.463 e. The van der Waals surface area contributed by atoms with Gasteiger partial charge >= 0.3 is 41.8 Å². The molecule has 0 N–H and O–H groups in total. The van der Waals surface area contributed by atoms with Crippen molar-refractivity contribution >= 4 is 41.8 Å².